The molecule has 1 aromatic carbocycles. The minimum atomic E-state index is -3.59. The summed E-state index contributed by atoms with van der Waals surface area (Å²) in [5.74, 6) is 0. The highest BCUT2D eigenvalue weighted by Crippen LogP contribution is 2.29. The fraction of sp³-hybridized carbons (Fsp3) is 0.267. The van der Waals surface area contributed by atoms with Crippen molar-refractivity contribution in [1.82, 2.24) is 24.3 Å². The third-order valence-electron chi connectivity index (χ3n) is 4.10. The maximum absolute atomic E-state index is 13.0. The van der Waals surface area contributed by atoms with Gasteiger partial charge in [-0.15, -0.1) is 0 Å². The Morgan fingerprint density at radius 3 is 2.65 bits per heavy atom. The minimum Gasteiger partial charge on any atom is -0.255 e. The average Bonchev–Trinajstić information content (AvgIpc) is 3.25. The Hall–Kier alpha value is -2.32. The van der Waals surface area contributed by atoms with Gasteiger partial charge in [0, 0.05) is 24.7 Å². The lowest BCUT2D eigenvalue weighted by molar-refractivity contribution is 0.402. The smallest absolute Gasteiger partial charge is 0.245 e. The fourth-order valence-electron chi connectivity index (χ4n) is 2.96. The molecule has 23 heavy (non-hydrogen) atoms. The number of pyridine rings is 1. The minimum absolute atomic E-state index is 0.0253. The molecule has 3 heterocycles. The molecule has 2 aromatic heterocycles. The summed E-state index contributed by atoms with van der Waals surface area (Å²) in [5, 5.41) is 9.04. The first-order valence-corrected chi connectivity index (χ1v) is 8.80. The molecular weight excluding hydrogens is 314 g/mol. The van der Waals surface area contributed by atoms with Crippen LogP contribution in [0.2, 0.25) is 0 Å². The van der Waals surface area contributed by atoms with Crippen molar-refractivity contribution in [2.24, 2.45) is 0 Å². The number of hydrogen-bond donors (Lipinski definition) is 0. The van der Waals surface area contributed by atoms with Gasteiger partial charge < -0.3 is 0 Å². The van der Waals surface area contributed by atoms with Gasteiger partial charge in [0.1, 0.15) is 4.90 Å². The second-order valence-corrected chi connectivity index (χ2v) is 7.39. The number of nitrogens with zero attached hydrogens (tertiary/aromatic N) is 5. The lowest BCUT2D eigenvalue weighted by Crippen LogP contribution is -2.29. The van der Waals surface area contributed by atoms with E-state index in [1.54, 1.807) is 41.6 Å². The standard InChI is InChI=1S/C15H15N5O2S/c21-23(22,14-5-1-3-12-4-2-7-16-15(12)14)19-10-6-13(11-19)20-17-8-9-18-20/h1-5,7-9,13H,6,10-11H2. The highest BCUT2D eigenvalue weighted by molar-refractivity contribution is 7.89. The highest BCUT2D eigenvalue weighted by Gasteiger charge is 2.35. The van der Waals surface area contributed by atoms with E-state index in [1.165, 1.54) is 4.31 Å². The van der Waals surface area contributed by atoms with Crippen molar-refractivity contribution < 1.29 is 8.42 Å². The maximum atomic E-state index is 13.0. The van der Waals surface area contributed by atoms with Crippen molar-refractivity contribution in [3.8, 4) is 0 Å². The van der Waals surface area contributed by atoms with Gasteiger partial charge in [0.2, 0.25) is 10.0 Å². The number of fused-ring (bicyclic) bond motifs is 1. The van der Waals surface area contributed by atoms with Gasteiger partial charge in [-0.05, 0) is 18.6 Å². The molecular formula is C15H15N5O2S. The van der Waals surface area contributed by atoms with Crippen LogP contribution in [0.4, 0.5) is 0 Å². The Balaban J connectivity index is 1.70. The molecule has 1 saturated heterocycles. The fourth-order valence-corrected chi connectivity index (χ4v) is 4.61. The van der Waals surface area contributed by atoms with Gasteiger partial charge in [-0.2, -0.15) is 19.3 Å². The molecule has 0 spiro atoms. The molecule has 1 atom stereocenters. The van der Waals surface area contributed by atoms with Crippen molar-refractivity contribution in [3.63, 3.8) is 0 Å². The quantitative estimate of drug-likeness (QED) is 0.727. The van der Waals surface area contributed by atoms with E-state index in [0.717, 1.165) is 5.39 Å². The molecule has 4 rings (SSSR count). The molecule has 1 fully saturated rings. The number of aromatic nitrogens is 4. The summed E-state index contributed by atoms with van der Waals surface area (Å²) in [6.45, 7) is 0.831. The van der Waals surface area contributed by atoms with Gasteiger partial charge in [-0.3, -0.25) is 4.98 Å². The summed E-state index contributed by atoms with van der Waals surface area (Å²) < 4.78 is 27.5. The van der Waals surface area contributed by atoms with Crippen LogP contribution >= 0.6 is 0 Å². The van der Waals surface area contributed by atoms with E-state index >= 15 is 0 Å². The topological polar surface area (TPSA) is 81.0 Å². The van der Waals surface area contributed by atoms with Crippen molar-refractivity contribution in [1.29, 1.82) is 0 Å². The summed E-state index contributed by atoms with van der Waals surface area (Å²) in [7, 11) is -3.59. The summed E-state index contributed by atoms with van der Waals surface area (Å²) in [6.07, 6.45) is 5.52. The Kier molecular flexibility index (Phi) is 3.35. The summed E-state index contributed by atoms with van der Waals surface area (Å²) in [4.78, 5) is 6.09. The molecule has 0 radical (unpaired) electrons. The molecule has 1 aliphatic rings. The van der Waals surface area contributed by atoms with E-state index in [9.17, 15) is 8.42 Å². The van der Waals surface area contributed by atoms with Crippen molar-refractivity contribution >= 4 is 20.9 Å². The number of hydrogen-bond acceptors (Lipinski definition) is 5. The zero-order chi connectivity index (χ0) is 15.9. The largest absolute Gasteiger partial charge is 0.255 e. The zero-order valence-corrected chi connectivity index (χ0v) is 13.1. The Morgan fingerprint density at radius 1 is 1.04 bits per heavy atom. The number of benzene rings is 1. The summed E-state index contributed by atoms with van der Waals surface area (Å²) in [5.41, 5.74) is 0.510. The Labute approximate surface area is 133 Å². The van der Waals surface area contributed by atoms with Crippen LogP contribution in [0.1, 0.15) is 12.5 Å². The van der Waals surface area contributed by atoms with Crippen molar-refractivity contribution in [3.05, 3.63) is 48.9 Å². The number of sulfonamides is 1. The maximum Gasteiger partial charge on any atom is 0.245 e. The number of para-hydroxylation sites is 1. The molecule has 1 unspecified atom stereocenters. The van der Waals surface area contributed by atoms with Crippen LogP contribution in [0.25, 0.3) is 10.9 Å². The highest BCUT2D eigenvalue weighted by atomic mass is 32.2. The first kappa shape index (κ1) is 14.3. The van der Waals surface area contributed by atoms with E-state index in [4.69, 9.17) is 0 Å². The Morgan fingerprint density at radius 2 is 1.83 bits per heavy atom. The van der Waals surface area contributed by atoms with E-state index < -0.39 is 10.0 Å². The Bertz CT molecular complexity index is 934. The van der Waals surface area contributed by atoms with Crippen LogP contribution in [0.5, 0.6) is 0 Å². The zero-order valence-electron chi connectivity index (χ0n) is 12.3. The second kappa shape index (κ2) is 5.39. The molecule has 0 amide bonds. The van der Waals surface area contributed by atoms with Gasteiger partial charge in [0.15, 0.2) is 0 Å². The average molecular weight is 329 g/mol. The SMILES string of the molecule is O=S(=O)(c1cccc2cccnc12)N1CCC(n2nccn2)C1. The van der Waals surface area contributed by atoms with Gasteiger partial charge in [0.05, 0.1) is 24.0 Å². The predicted molar refractivity (Wildman–Crippen MR) is 84.2 cm³/mol. The molecule has 0 N–H and O–H groups in total. The van der Waals surface area contributed by atoms with Gasteiger partial charge in [-0.1, -0.05) is 18.2 Å². The molecule has 0 saturated carbocycles. The van der Waals surface area contributed by atoms with Crippen LogP contribution in [-0.4, -0.2) is 45.8 Å². The summed E-state index contributed by atoms with van der Waals surface area (Å²) in [6, 6.07) is 8.86. The van der Waals surface area contributed by atoms with Gasteiger partial charge >= 0.3 is 0 Å². The third-order valence-corrected chi connectivity index (χ3v) is 6.00. The first-order valence-electron chi connectivity index (χ1n) is 7.36. The van der Waals surface area contributed by atoms with E-state index in [-0.39, 0.29) is 10.9 Å². The van der Waals surface area contributed by atoms with Crippen molar-refractivity contribution in [2.75, 3.05) is 13.1 Å². The molecule has 8 heteroatoms. The summed E-state index contributed by atoms with van der Waals surface area (Å²) >= 11 is 0. The first-order chi connectivity index (χ1) is 11.2. The molecule has 118 valence electrons. The monoisotopic (exact) mass is 329 g/mol. The molecule has 3 aromatic rings. The van der Waals surface area contributed by atoms with Crippen LogP contribution in [0, 0.1) is 0 Å². The molecule has 0 bridgehead atoms. The molecule has 1 aliphatic heterocycles. The van der Waals surface area contributed by atoms with Crippen LogP contribution in [0.3, 0.4) is 0 Å². The van der Waals surface area contributed by atoms with Crippen molar-refractivity contribution in [2.45, 2.75) is 17.4 Å². The lowest BCUT2D eigenvalue weighted by Gasteiger charge is -2.17. The van der Waals surface area contributed by atoms with E-state index in [2.05, 4.69) is 15.2 Å². The van der Waals surface area contributed by atoms with Crippen LogP contribution < -0.4 is 0 Å². The van der Waals surface area contributed by atoms with Gasteiger partial charge in [-0.25, -0.2) is 8.42 Å². The van der Waals surface area contributed by atoms with Crippen LogP contribution in [0.15, 0.2) is 53.8 Å². The molecule has 0 aliphatic carbocycles. The lowest BCUT2D eigenvalue weighted by atomic mass is 10.2. The number of rotatable bonds is 3. The predicted octanol–water partition coefficient (Wildman–Crippen LogP) is 1.46. The second-order valence-electron chi connectivity index (χ2n) is 5.49. The van der Waals surface area contributed by atoms with Crippen LogP contribution in [-0.2, 0) is 10.0 Å². The van der Waals surface area contributed by atoms with E-state index in [0.29, 0.717) is 25.0 Å². The normalized spacial score (nSPS) is 19.4. The molecule has 7 nitrogen and oxygen atoms in total. The van der Waals surface area contributed by atoms with Gasteiger partial charge in [0.25, 0.3) is 0 Å². The van der Waals surface area contributed by atoms with E-state index in [1.807, 2.05) is 12.1 Å². The third kappa shape index (κ3) is 2.40.